The molecule has 0 saturated heterocycles. The molecule has 148 valence electrons. The molecule has 0 spiro atoms. The molecule has 0 bridgehead atoms. The van der Waals surface area contributed by atoms with Gasteiger partial charge in [0.05, 0.1) is 10.9 Å². The lowest BCUT2D eigenvalue weighted by Crippen LogP contribution is -2.40. The Balaban J connectivity index is 1.57. The summed E-state index contributed by atoms with van der Waals surface area (Å²) in [6, 6.07) is 29.6. The SMILES string of the molecule is CC1(C)c2ccccc2-c2cc3c(cc21)CC[n+]1ccc2c(ccc4ccccc42)c1-3. The summed E-state index contributed by atoms with van der Waals surface area (Å²) in [5.41, 5.74) is 10.0. The van der Waals surface area contributed by atoms with Crippen molar-refractivity contribution in [2.24, 2.45) is 0 Å². The Hall–Kier alpha value is -3.45. The van der Waals surface area contributed by atoms with Crippen molar-refractivity contribution in [1.29, 1.82) is 0 Å². The number of hydrogen-bond donors (Lipinski definition) is 0. The Morgan fingerprint density at radius 1 is 0.677 bits per heavy atom. The van der Waals surface area contributed by atoms with Crippen molar-refractivity contribution in [2.45, 2.75) is 32.2 Å². The molecule has 1 nitrogen and oxygen atoms in total. The number of aryl methyl sites for hydroxylation is 2. The molecule has 0 atom stereocenters. The van der Waals surface area contributed by atoms with Crippen LogP contribution < -0.4 is 4.57 Å². The topological polar surface area (TPSA) is 3.88 Å². The molecule has 1 aliphatic carbocycles. The van der Waals surface area contributed by atoms with E-state index in [1.165, 1.54) is 60.6 Å². The van der Waals surface area contributed by atoms with Crippen molar-refractivity contribution < 1.29 is 4.57 Å². The van der Waals surface area contributed by atoms with E-state index in [9.17, 15) is 0 Å². The predicted octanol–water partition coefficient (Wildman–Crippen LogP) is 6.81. The van der Waals surface area contributed by atoms with Gasteiger partial charge in [0, 0.05) is 23.3 Å². The van der Waals surface area contributed by atoms with Crippen molar-refractivity contribution >= 4 is 21.5 Å². The number of aromatic nitrogens is 1. The normalized spacial score (nSPS) is 15.4. The van der Waals surface area contributed by atoms with Crippen LogP contribution in [0.1, 0.15) is 30.5 Å². The van der Waals surface area contributed by atoms with Gasteiger partial charge in [-0.3, -0.25) is 0 Å². The number of hydrogen-bond acceptors (Lipinski definition) is 0. The molecule has 4 aromatic carbocycles. The van der Waals surface area contributed by atoms with Crippen molar-refractivity contribution in [3.8, 4) is 22.4 Å². The molecule has 0 fully saturated rings. The van der Waals surface area contributed by atoms with Gasteiger partial charge >= 0.3 is 0 Å². The molecule has 0 radical (unpaired) electrons. The predicted molar refractivity (Wildman–Crippen MR) is 128 cm³/mol. The molecule has 31 heavy (non-hydrogen) atoms. The zero-order valence-electron chi connectivity index (χ0n) is 17.9. The fourth-order valence-electron chi connectivity index (χ4n) is 6.02. The first-order valence-electron chi connectivity index (χ1n) is 11.2. The van der Waals surface area contributed by atoms with Crippen LogP contribution in [0.5, 0.6) is 0 Å². The van der Waals surface area contributed by atoms with Crippen LogP contribution in [-0.2, 0) is 18.4 Å². The number of fused-ring (bicyclic) bond motifs is 10. The summed E-state index contributed by atoms with van der Waals surface area (Å²) < 4.78 is 2.46. The van der Waals surface area contributed by atoms with Gasteiger partial charge in [-0.05, 0) is 50.7 Å². The third-order valence-corrected chi connectivity index (χ3v) is 7.62. The fourth-order valence-corrected chi connectivity index (χ4v) is 6.02. The average Bonchev–Trinajstić information content (AvgIpc) is 3.03. The first-order valence-corrected chi connectivity index (χ1v) is 11.2. The summed E-state index contributed by atoms with van der Waals surface area (Å²) in [7, 11) is 0. The molecule has 2 aliphatic rings. The monoisotopic (exact) mass is 398 g/mol. The summed E-state index contributed by atoms with van der Waals surface area (Å²) in [5, 5.41) is 5.34. The zero-order chi connectivity index (χ0) is 20.7. The summed E-state index contributed by atoms with van der Waals surface area (Å²) >= 11 is 0. The van der Waals surface area contributed by atoms with Crippen molar-refractivity contribution in [2.75, 3.05) is 0 Å². The summed E-state index contributed by atoms with van der Waals surface area (Å²) in [4.78, 5) is 0. The molecule has 0 amide bonds. The third-order valence-electron chi connectivity index (χ3n) is 7.62. The van der Waals surface area contributed by atoms with E-state index in [4.69, 9.17) is 0 Å². The van der Waals surface area contributed by atoms with Gasteiger partial charge in [0.15, 0.2) is 12.7 Å². The summed E-state index contributed by atoms with van der Waals surface area (Å²) in [6.45, 7) is 5.78. The standard InChI is InChI=1S/C30H24N/c1-30(2)27-10-6-5-9-23(27)26-18-25-20(17-28(26)30)13-15-31-16-14-22-21-8-4-3-7-19(21)11-12-24(22)29(25)31/h3-12,14,16-18H,13,15H2,1-2H3/q+1. The van der Waals surface area contributed by atoms with Gasteiger partial charge < -0.3 is 0 Å². The Morgan fingerprint density at radius 2 is 1.52 bits per heavy atom. The zero-order valence-corrected chi connectivity index (χ0v) is 17.9. The van der Waals surface area contributed by atoms with E-state index >= 15 is 0 Å². The van der Waals surface area contributed by atoms with E-state index in [1.54, 1.807) is 0 Å². The first-order chi connectivity index (χ1) is 15.1. The highest BCUT2D eigenvalue weighted by Crippen LogP contribution is 2.51. The molecule has 0 unspecified atom stereocenters. The van der Waals surface area contributed by atoms with E-state index in [0.717, 1.165) is 13.0 Å². The van der Waals surface area contributed by atoms with E-state index in [1.807, 2.05) is 0 Å². The van der Waals surface area contributed by atoms with Gasteiger partial charge in [-0.25, -0.2) is 0 Å². The lowest BCUT2D eigenvalue weighted by molar-refractivity contribution is -0.686. The minimum Gasteiger partial charge on any atom is -0.197 e. The van der Waals surface area contributed by atoms with Gasteiger partial charge in [-0.1, -0.05) is 74.5 Å². The smallest absolute Gasteiger partial charge is 0.197 e. The minimum atomic E-state index is 0.0589. The Morgan fingerprint density at radius 3 is 2.45 bits per heavy atom. The second-order valence-corrected chi connectivity index (χ2v) is 9.58. The number of nitrogens with zero attached hydrogens (tertiary/aromatic N) is 1. The van der Waals surface area contributed by atoms with Crippen LogP contribution in [0.3, 0.4) is 0 Å². The molecule has 2 heterocycles. The highest BCUT2D eigenvalue weighted by molar-refractivity contribution is 6.11. The molecular formula is C30H24N+. The van der Waals surface area contributed by atoms with E-state index in [0.29, 0.717) is 0 Å². The van der Waals surface area contributed by atoms with Crippen molar-refractivity contribution in [3.05, 3.63) is 102 Å². The van der Waals surface area contributed by atoms with Gasteiger partial charge in [0.25, 0.3) is 0 Å². The van der Waals surface area contributed by atoms with Crippen LogP contribution in [0.4, 0.5) is 0 Å². The van der Waals surface area contributed by atoms with Crippen molar-refractivity contribution in [3.63, 3.8) is 0 Å². The fraction of sp³-hybridized carbons (Fsp3) is 0.167. The highest BCUT2D eigenvalue weighted by Gasteiger charge is 2.37. The number of rotatable bonds is 0. The molecule has 7 rings (SSSR count). The molecule has 5 aromatic rings. The van der Waals surface area contributed by atoms with Gasteiger partial charge in [0.1, 0.15) is 0 Å². The first kappa shape index (κ1) is 17.3. The van der Waals surface area contributed by atoms with Crippen LogP contribution in [0.2, 0.25) is 0 Å². The van der Waals surface area contributed by atoms with Gasteiger partial charge in [-0.15, -0.1) is 0 Å². The summed E-state index contributed by atoms with van der Waals surface area (Å²) in [5.74, 6) is 0. The lowest BCUT2D eigenvalue weighted by atomic mass is 9.80. The maximum absolute atomic E-state index is 2.51. The van der Waals surface area contributed by atoms with Crippen LogP contribution in [0.15, 0.2) is 85.1 Å². The van der Waals surface area contributed by atoms with Gasteiger partial charge in [0.2, 0.25) is 5.69 Å². The van der Waals surface area contributed by atoms with Crippen LogP contribution >= 0.6 is 0 Å². The highest BCUT2D eigenvalue weighted by atomic mass is 15.0. The molecule has 1 aliphatic heterocycles. The molecular weight excluding hydrogens is 374 g/mol. The van der Waals surface area contributed by atoms with Crippen LogP contribution in [0.25, 0.3) is 43.9 Å². The van der Waals surface area contributed by atoms with Crippen molar-refractivity contribution in [1.82, 2.24) is 0 Å². The Labute approximate surface area is 182 Å². The second kappa shape index (κ2) is 5.82. The molecule has 1 aromatic heterocycles. The number of benzene rings is 4. The maximum atomic E-state index is 2.51. The quantitative estimate of drug-likeness (QED) is 0.199. The van der Waals surface area contributed by atoms with E-state index in [-0.39, 0.29) is 5.41 Å². The summed E-state index contributed by atoms with van der Waals surface area (Å²) in [6.07, 6.45) is 3.38. The number of pyridine rings is 1. The molecule has 1 heteroatoms. The van der Waals surface area contributed by atoms with E-state index < -0.39 is 0 Å². The average molecular weight is 399 g/mol. The second-order valence-electron chi connectivity index (χ2n) is 9.58. The van der Waals surface area contributed by atoms with Gasteiger partial charge in [-0.2, -0.15) is 4.57 Å². The maximum Gasteiger partial charge on any atom is 0.220 e. The Kier molecular flexibility index (Phi) is 3.24. The Bertz CT molecular complexity index is 1550. The minimum absolute atomic E-state index is 0.0589. The lowest BCUT2D eigenvalue weighted by Gasteiger charge is -2.24. The van der Waals surface area contributed by atoms with Crippen LogP contribution in [-0.4, -0.2) is 0 Å². The largest absolute Gasteiger partial charge is 0.220 e. The van der Waals surface area contributed by atoms with E-state index in [2.05, 4.69) is 103 Å². The molecule has 0 saturated carbocycles. The molecule has 0 N–H and O–H groups in total. The van der Waals surface area contributed by atoms with Crippen LogP contribution in [0, 0.1) is 0 Å². The third kappa shape index (κ3) is 2.19.